The van der Waals surface area contributed by atoms with E-state index in [4.69, 9.17) is 9.15 Å². The molecule has 1 aliphatic heterocycles. The summed E-state index contributed by atoms with van der Waals surface area (Å²) in [5.74, 6) is 1.53. The van der Waals surface area contributed by atoms with Crippen molar-refractivity contribution in [2.75, 3.05) is 20.2 Å². The van der Waals surface area contributed by atoms with E-state index in [0.717, 1.165) is 24.2 Å². The van der Waals surface area contributed by atoms with Gasteiger partial charge in [-0.05, 0) is 54.8 Å². The van der Waals surface area contributed by atoms with Crippen LogP contribution in [0.15, 0.2) is 52.9 Å². The standard InChI is InChI=1S/C22H23FN4O3/c1-29-19-8-2-15(3-9-19)14-24-22(28)27-12-10-17(11-13-27)21-26-25-20(30-21)16-4-6-18(23)7-5-16/h2-9,17H,10-14H2,1H3,(H,24,28). The van der Waals surface area contributed by atoms with E-state index in [2.05, 4.69) is 15.5 Å². The zero-order valence-corrected chi connectivity index (χ0v) is 16.7. The number of benzene rings is 2. The number of nitrogens with one attached hydrogen (secondary N) is 1. The lowest BCUT2D eigenvalue weighted by Gasteiger charge is -2.30. The smallest absolute Gasteiger partial charge is 0.317 e. The molecular formula is C22H23FN4O3. The summed E-state index contributed by atoms with van der Waals surface area (Å²) in [5.41, 5.74) is 1.70. The maximum Gasteiger partial charge on any atom is 0.317 e. The second-order valence-electron chi connectivity index (χ2n) is 7.22. The molecule has 156 valence electrons. The molecule has 2 heterocycles. The van der Waals surface area contributed by atoms with Crippen molar-refractivity contribution in [3.63, 3.8) is 0 Å². The fourth-order valence-electron chi connectivity index (χ4n) is 3.47. The fraction of sp³-hybridized carbons (Fsp3) is 0.318. The van der Waals surface area contributed by atoms with Crippen molar-refractivity contribution in [3.8, 4) is 17.2 Å². The summed E-state index contributed by atoms with van der Waals surface area (Å²) in [7, 11) is 1.62. The van der Waals surface area contributed by atoms with Crippen molar-refractivity contribution < 1.29 is 18.3 Å². The number of carbonyl (C=O) groups is 1. The summed E-state index contributed by atoms with van der Waals surface area (Å²) in [4.78, 5) is 14.3. The molecule has 0 saturated carbocycles. The van der Waals surface area contributed by atoms with Gasteiger partial charge in [0.25, 0.3) is 0 Å². The zero-order chi connectivity index (χ0) is 20.9. The Kier molecular flexibility index (Phi) is 5.92. The Morgan fingerprint density at radius 1 is 1.13 bits per heavy atom. The Hall–Kier alpha value is -3.42. The lowest BCUT2D eigenvalue weighted by molar-refractivity contribution is 0.177. The fourth-order valence-corrected chi connectivity index (χ4v) is 3.47. The lowest BCUT2D eigenvalue weighted by atomic mass is 9.97. The second kappa shape index (κ2) is 8.94. The Balaban J connectivity index is 1.28. The highest BCUT2D eigenvalue weighted by Gasteiger charge is 2.27. The highest BCUT2D eigenvalue weighted by Crippen LogP contribution is 2.29. The Bertz CT molecular complexity index is 980. The number of rotatable bonds is 5. The van der Waals surface area contributed by atoms with Crippen LogP contribution in [0.3, 0.4) is 0 Å². The van der Waals surface area contributed by atoms with Crippen molar-refractivity contribution in [3.05, 3.63) is 65.8 Å². The van der Waals surface area contributed by atoms with Gasteiger partial charge in [0.2, 0.25) is 11.8 Å². The van der Waals surface area contributed by atoms with Crippen LogP contribution in [0.2, 0.25) is 0 Å². The minimum atomic E-state index is -0.309. The molecule has 1 aliphatic rings. The minimum Gasteiger partial charge on any atom is -0.497 e. The topological polar surface area (TPSA) is 80.5 Å². The molecule has 1 N–H and O–H groups in total. The minimum absolute atomic E-state index is 0.0817. The van der Waals surface area contributed by atoms with Crippen LogP contribution in [0.25, 0.3) is 11.5 Å². The van der Waals surface area contributed by atoms with E-state index in [0.29, 0.717) is 37.0 Å². The third kappa shape index (κ3) is 4.59. The summed E-state index contributed by atoms with van der Waals surface area (Å²) in [6.45, 7) is 1.70. The van der Waals surface area contributed by atoms with Gasteiger partial charge >= 0.3 is 6.03 Å². The Morgan fingerprint density at radius 3 is 2.50 bits per heavy atom. The van der Waals surface area contributed by atoms with Crippen LogP contribution in [-0.4, -0.2) is 41.3 Å². The van der Waals surface area contributed by atoms with Crippen LogP contribution >= 0.6 is 0 Å². The van der Waals surface area contributed by atoms with E-state index >= 15 is 0 Å². The first-order chi connectivity index (χ1) is 14.6. The van der Waals surface area contributed by atoms with E-state index in [-0.39, 0.29) is 17.8 Å². The van der Waals surface area contributed by atoms with Gasteiger partial charge in [0, 0.05) is 31.1 Å². The molecule has 1 aromatic heterocycles. The second-order valence-corrected chi connectivity index (χ2v) is 7.22. The molecule has 0 radical (unpaired) electrons. The van der Waals surface area contributed by atoms with E-state index in [9.17, 15) is 9.18 Å². The van der Waals surface area contributed by atoms with Crippen LogP contribution in [-0.2, 0) is 6.54 Å². The Labute approximate surface area is 173 Å². The molecule has 3 aromatic rings. The monoisotopic (exact) mass is 410 g/mol. The van der Waals surface area contributed by atoms with Crippen molar-refractivity contribution in [2.24, 2.45) is 0 Å². The number of likely N-dealkylation sites (tertiary alicyclic amines) is 1. The van der Waals surface area contributed by atoms with Crippen LogP contribution < -0.4 is 10.1 Å². The number of hydrogen-bond acceptors (Lipinski definition) is 5. The highest BCUT2D eigenvalue weighted by molar-refractivity contribution is 5.74. The summed E-state index contributed by atoms with van der Waals surface area (Å²) < 4.78 is 24.0. The maximum absolute atomic E-state index is 13.1. The van der Waals surface area contributed by atoms with E-state index in [1.165, 1.54) is 12.1 Å². The number of amides is 2. The van der Waals surface area contributed by atoms with E-state index in [1.807, 2.05) is 24.3 Å². The number of hydrogen-bond donors (Lipinski definition) is 1. The van der Waals surface area contributed by atoms with Gasteiger partial charge in [-0.1, -0.05) is 12.1 Å². The van der Waals surface area contributed by atoms with Gasteiger partial charge in [0.1, 0.15) is 11.6 Å². The van der Waals surface area contributed by atoms with Gasteiger partial charge in [-0.15, -0.1) is 10.2 Å². The maximum atomic E-state index is 13.1. The number of aromatic nitrogens is 2. The SMILES string of the molecule is COc1ccc(CNC(=O)N2CCC(c3nnc(-c4ccc(F)cc4)o3)CC2)cc1. The van der Waals surface area contributed by atoms with Crippen LogP contribution in [0.5, 0.6) is 5.75 Å². The summed E-state index contributed by atoms with van der Waals surface area (Å²) in [5, 5.41) is 11.2. The molecule has 0 bridgehead atoms. The molecule has 2 aromatic carbocycles. The first-order valence-corrected chi connectivity index (χ1v) is 9.87. The molecule has 4 rings (SSSR count). The molecule has 0 atom stereocenters. The first-order valence-electron chi connectivity index (χ1n) is 9.87. The van der Waals surface area contributed by atoms with Gasteiger partial charge in [-0.25, -0.2) is 9.18 Å². The van der Waals surface area contributed by atoms with Gasteiger partial charge in [-0.2, -0.15) is 0 Å². The average Bonchev–Trinajstić information content (AvgIpc) is 3.29. The van der Waals surface area contributed by atoms with Crippen molar-refractivity contribution in [2.45, 2.75) is 25.3 Å². The molecule has 1 saturated heterocycles. The molecule has 2 amide bonds. The molecule has 8 heteroatoms. The molecule has 30 heavy (non-hydrogen) atoms. The van der Waals surface area contributed by atoms with Crippen LogP contribution in [0, 0.1) is 5.82 Å². The van der Waals surface area contributed by atoms with E-state index < -0.39 is 0 Å². The van der Waals surface area contributed by atoms with Gasteiger partial charge in [0.15, 0.2) is 0 Å². The van der Waals surface area contributed by atoms with Crippen molar-refractivity contribution >= 4 is 6.03 Å². The van der Waals surface area contributed by atoms with Crippen molar-refractivity contribution in [1.82, 2.24) is 20.4 Å². The third-order valence-corrected chi connectivity index (χ3v) is 5.27. The van der Waals surface area contributed by atoms with Crippen molar-refractivity contribution in [1.29, 1.82) is 0 Å². The number of piperidine rings is 1. The zero-order valence-electron chi connectivity index (χ0n) is 16.7. The summed E-state index contributed by atoms with van der Waals surface area (Å²) in [6.07, 6.45) is 1.50. The number of carbonyl (C=O) groups excluding carboxylic acids is 1. The molecule has 7 nitrogen and oxygen atoms in total. The van der Waals surface area contributed by atoms with Gasteiger partial charge < -0.3 is 19.4 Å². The predicted octanol–water partition coefficient (Wildman–Crippen LogP) is 3.97. The first kappa shape index (κ1) is 19.9. The predicted molar refractivity (Wildman–Crippen MR) is 108 cm³/mol. The normalized spacial score (nSPS) is 14.5. The quantitative estimate of drug-likeness (QED) is 0.688. The number of methoxy groups -OCH3 is 1. The lowest BCUT2D eigenvalue weighted by Crippen LogP contribution is -2.43. The van der Waals surface area contributed by atoms with Gasteiger partial charge in [-0.3, -0.25) is 0 Å². The molecule has 0 unspecified atom stereocenters. The largest absolute Gasteiger partial charge is 0.497 e. The summed E-state index contributed by atoms with van der Waals surface area (Å²) in [6, 6.07) is 13.5. The van der Waals surface area contributed by atoms with Crippen LogP contribution in [0.1, 0.15) is 30.2 Å². The van der Waals surface area contributed by atoms with Gasteiger partial charge in [0.05, 0.1) is 7.11 Å². The highest BCUT2D eigenvalue weighted by atomic mass is 19.1. The number of ether oxygens (including phenoxy) is 1. The summed E-state index contributed by atoms with van der Waals surface area (Å²) >= 11 is 0. The Morgan fingerprint density at radius 2 is 1.83 bits per heavy atom. The molecule has 1 fully saturated rings. The van der Waals surface area contributed by atoms with Crippen LogP contribution in [0.4, 0.5) is 9.18 Å². The average molecular weight is 410 g/mol. The molecule has 0 spiro atoms. The third-order valence-electron chi connectivity index (χ3n) is 5.27. The van der Waals surface area contributed by atoms with E-state index in [1.54, 1.807) is 24.1 Å². The number of nitrogens with zero attached hydrogens (tertiary/aromatic N) is 3. The molecule has 0 aliphatic carbocycles. The number of halogens is 1. The number of urea groups is 1. The molecular weight excluding hydrogens is 387 g/mol.